The third-order valence-electron chi connectivity index (χ3n) is 4.70. The van der Waals surface area contributed by atoms with Crippen molar-refractivity contribution in [3.63, 3.8) is 0 Å². The lowest BCUT2D eigenvalue weighted by atomic mass is 10.1. The highest BCUT2D eigenvalue weighted by atomic mass is 35.5. The molecule has 0 aliphatic carbocycles. The molecule has 1 N–H and O–H groups in total. The normalized spacial score (nSPS) is 14.8. The number of hydrogen-bond acceptors (Lipinski definition) is 3. The molecule has 1 aliphatic rings. The zero-order valence-electron chi connectivity index (χ0n) is 16.3. The summed E-state index contributed by atoms with van der Waals surface area (Å²) in [5.74, 6) is -0.114. The number of carbonyl (C=O) groups excluding carboxylic acids is 2. The van der Waals surface area contributed by atoms with Crippen molar-refractivity contribution < 1.29 is 18.7 Å². The standard InChI is InChI=1S/C24H18ClFN2O3/c25-19-8-4-16(5-9-19)14-28-23(29)22(27-24(28)30)13-18-2-1-3-21(12-18)31-15-17-6-10-20(26)11-7-17/h1-13H,14-15H2,(H,27,30). The summed E-state index contributed by atoms with van der Waals surface area (Å²) in [6.07, 6.45) is 1.60. The van der Waals surface area contributed by atoms with Crippen molar-refractivity contribution in [3.05, 3.63) is 106 Å². The van der Waals surface area contributed by atoms with E-state index in [9.17, 15) is 14.0 Å². The molecule has 156 valence electrons. The third kappa shape index (κ3) is 5.10. The Morgan fingerprint density at radius 2 is 1.68 bits per heavy atom. The van der Waals surface area contributed by atoms with Gasteiger partial charge in [0, 0.05) is 5.02 Å². The largest absolute Gasteiger partial charge is 0.489 e. The number of nitrogens with one attached hydrogen (secondary N) is 1. The lowest BCUT2D eigenvalue weighted by Crippen LogP contribution is -2.30. The van der Waals surface area contributed by atoms with Crippen LogP contribution in [0.5, 0.6) is 5.75 Å². The van der Waals surface area contributed by atoms with Gasteiger partial charge in [-0.05, 0) is 59.2 Å². The fourth-order valence-electron chi connectivity index (χ4n) is 3.10. The molecule has 1 heterocycles. The second-order valence-electron chi connectivity index (χ2n) is 6.99. The molecule has 1 saturated heterocycles. The predicted octanol–water partition coefficient (Wildman–Crippen LogP) is 5.15. The Bertz CT molecular complexity index is 1140. The van der Waals surface area contributed by atoms with Gasteiger partial charge in [-0.1, -0.05) is 48.0 Å². The summed E-state index contributed by atoms with van der Waals surface area (Å²) in [6.45, 7) is 0.435. The van der Waals surface area contributed by atoms with E-state index in [1.54, 1.807) is 66.7 Å². The molecule has 1 fully saturated rings. The second-order valence-corrected chi connectivity index (χ2v) is 7.43. The molecule has 4 rings (SSSR count). The van der Waals surface area contributed by atoms with Crippen LogP contribution >= 0.6 is 11.6 Å². The number of imide groups is 1. The van der Waals surface area contributed by atoms with Crippen LogP contribution in [-0.4, -0.2) is 16.8 Å². The van der Waals surface area contributed by atoms with E-state index in [2.05, 4.69) is 5.32 Å². The van der Waals surface area contributed by atoms with Gasteiger partial charge in [0.05, 0.1) is 6.54 Å². The molecule has 3 amide bonds. The van der Waals surface area contributed by atoms with Gasteiger partial charge < -0.3 is 10.1 Å². The minimum Gasteiger partial charge on any atom is -0.489 e. The van der Waals surface area contributed by atoms with Crippen molar-refractivity contribution >= 4 is 29.6 Å². The monoisotopic (exact) mass is 436 g/mol. The second kappa shape index (κ2) is 9.02. The summed E-state index contributed by atoms with van der Waals surface area (Å²) < 4.78 is 18.8. The van der Waals surface area contributed by atoms with Crippen molar-refractivity contribution in [2.24, 2.45) is 0 Å². The highest BCUT2D eigenvalue weighted by molar-refractivity contribution is 6.30. The Kier molecular flexibility index (Phi) is 6.00. The fourth-order valence-corrected chi connectivity index (χ4v) is 3.22. The number of benzene rings is 3. The lowest BCUT2D eigenvalue weighted by molar-refractivity contribution is -0.123. The van der Waals surface area contributed by atoms with E-state index in [1.807, 2.05) is 0 Å². The summed E-state index contributed by atoms with van der Waals surface area (Å²) in [5.41, 5.74) is 2.52. The lowest BCUT2D eigenvalue weighted by Gasteiger charge is -2.11. The minimum atomic E-state index is -0.477. The first-order valence-corrected chi connectivity index (χ1v) is 9.92. The van der Waals surface area contributed by atoms with Gasteiger partial charge in [-0.3, -0.25) is 9.69 Å². The van der Waals surface area contributed by atoms with E-state index in [1.165, 1.54) is 12.1 Å². The quantitative estimate of drug-likeness (QED) is 0.429. The SMILES string of the molecule is O=C1NC(=Cc2cccc(OCc3ccc(F)cc3)c2)C(=O)N1Cc1ccc(Cl)cc1. The van der Waals surface area contributed by atoms with Gasteiger partial charge in [-0.25, -0.2) is 9.18 Å². The topological polar surface area (TPSA) is 58.6 Å². The molecule has 0 aromatic heterocycles. The van der Waals surface area contributed by atoms with Gasteiger partial charge >= 0.3 is 6.03 Å². The van der Waals surface area contributed by atoms with Gasteiger partial charge in [0.1, 0.15) is 23.9 Å². The van der Waals surface area contributed by atoms with Crippen molar-refractivity contribution in [2.45, 2.75) is 13.2 Å². The Labute approximate surface area is 183 Å². The zero-order chi connectivity index (χ0) is 21.8. The van der Waals surface area contributed by atoms with Crippen LogP contribution < -0.4 is 10.1 Å². The van der Waals surface area contributed by atoms with Gasteiger partial charge in [0.15, 0.2) is 0 Å². The van der Waals surface area contributed by atoms with Crippen LogP contribution in [0.15, 0.2) is 78.5 Å². The summed E-state index contributed by atoms with van der Waals surface area (Å²) in [5, 5.41) is 3.20. The molecule has 3 aromatic carbocycles. The van der Waals surface area contributed by atoms with Crippen molar-refractivity contribution in [1.82, 2.24) is 10.2 Å². The molecule has 0 bridgehead atoms. The Morgan fingerprint density at radius 1 is 0.968 bits per heavy atom. The van der Waals surface area contributed by atoms with E-state index in [0.717, 1.165) is 16.0 Å². The van der Waals surface area contributed by atoms with E-state index in [0.29, 0.717) is 16.3 Å². The van der Waals surface area contributed by atoms with Gasteiger partial charge in [-0.2, -0.15) is 0 Å². The van der Waals surface area contributed by atoms with Gasteiger partial charge in [0.2, 0.25) is 0 Å². The van der Waals surface area contributed by atoms with E-state index >= 15 is 0 Å². The molecule has 0 atom stereocenters. The van der Waals surface area contributed by atoms with Gasteiger partial charge in [0.25, 0.3) is 5.91 Å². The van der Waals surface area contributed by atoms with Crippen LogP contribution in [-0.2, 0) is 17.9 Å². The van der Waals surface area contributed by atoms with E-state index in [4.69, 9.17) is 16.3 Å². The molecule has 5 nitrogen and oxygen atoms in total. The zero-order valence-corrected chi connectivity index (χ0v) is 17.1. The van der Waals surface area contributed by atoms with Crippen molar-refractivity contribution in [1.29, 1.82) is 0 Å². The maximum atomic E-state index is 13.0. The first-order chi connectivity index (χ1) is 15.0. The van der Waals surface area contributed by atoms with Crippen LogP contribution in [0.25, 0.3) is 6.08 Å². The van der Waals surface area contributed by atoms with Crippen LogP contribution in [0.1, 0.15) is 16.7 Å². The molecular weight excluding hydrogens is 419 g/mol. The van der Waals surface area contributed by atoms with Crippen LogP contribution in [0, 0.1) is 5.82 Å². The molecule has 0 spiro atoms. The third-order valence-corrected chi connectivity index (χ3v) is 4.96. The first kappa shape index (κ1) is 20.6. The first-order valence-electron chi connectivity index (χ1n) is 9.54. The molecule has 7 heteroatoms. The molecule has 31 heavy (non-hydrogen) atoms. The number of hydrogen-bond donors (Lipinski definition) is 1. The number of nitrogens with zero attached hydrogens (tertiary/aromatic N) is 1. The van der Waals surface area contributed by atoms with Crippen LogP contribution in [0.2, 0.25) is 5.02 Å². The molecule has 0 unspecified atom stereocenters. The van der Waals surface area contributed by atoms with Crippen molar-refractivity contribution in [3.8, 4) is 5.75 Å². The Morgan fingerprint density at radius 3 is 2.42 bits per heavy atom. The number of ether oxygens (including phenoxy) is 1. The van der Waals surface area contributed by atoms with Crippen molar-refractivity contribution in [2.75, 3.05) is 0 Å². The number of carbonyl (C=O) groups is 2. The van der Waals surface area contributed by atoms with Crippen LogP contribution in [0.3, 0.4) is 0 Å². The maximum absolute atomic E-state index is 13.0. The number of halogens is 2. The van der Waals surface area contributed by atoms with E-state index < -0.39 is 11.9 Å². The Hall–Kier alpha value is -3.64. The number of urea groups is 1. The fraction of sp³-hybridized carbons (Fsp3) is 0.0833. The summed E-state index contributed by atoms with van der Waals surface area (Å²) >= 11 is 5.88. The average molecular weight is 437 g/mol. The average Bonchev–Trinajstić information content (AvgIpc) is 3.02. The minimum absolute atomic E-state index is 0.153. The molecular formula is C24H18ClFN2O3. The summed E-state index contributed by atoms with van der Waals surface area (Å²) in [7, 11) is 0. The highest BCUT2D eigenvalue weighted by Gasteiger charge is 2.33. The highest BCUT2D eigenvalue weighted by Crippen LogP contribution is 2.21. The maximum Gasteiger partial charge on any atom is 0.329 e. The Balaban J connectivity index is 1.44. The smallest absolute Gasteiger partial charge is 0.329 e. The summed E-state index contributed by atoms with van der Waals surface area (Å²) in [6, 6.07) is 19.7. The number of rotatable bonds is 6. The number of amides is 3. The molecule has 0 radical (unpaired) electrons. The van der Waals surface area contributed by atoms with E-state index in [-0.39, 0.29) is 24.7 Å². The van der Waals surface area contributed by atoms with Gasteiger partial charge in [-0.15, -0.1) is 0 Å². The predicted molar refractivity (Wildman–Crippen MR) is 116 cm³/mol. The molecule has 0 saturated carbocycles. The molecule has 3 aromatic rings. The van der Waals surface area contributed by atoms with Crippen LogP contribution in [0.4, 0.5) is 9.18 Å². The molecule has 1 aliphatic heterocycles. The summed E-state index contributed by atoms with van der Waals surface area (Å²) in [4.78, 5) is 26.1.